The maximum Gasteiger partial charge on any atom is 0.254 e. The SMILES string of the molecule is CNC(=O)C(C)(C)CNC(=O)c1cnc(C)cc1Cl. The largest absolute Gasteiger partial charge is 0.359 e. The molecule has 0 saturated heterocycles. The molecule has 0 aliphatic heterocycles. The van der Waals surface area contributed by atoms with Crippen LogP contribution in [0.3, 0.4) is 0 Å². The van der Waals surface area contributed by atoms with Crippen molar-refractivity contribution in [1.29, 1.82) is 0 Å². The maximum absolute atomic E-state index is 12.0. The molecule has 0 aromatic carbocycles. The fourth-order valence-electron chi connectivity index (χ4n) is 1.51. The van der Waals surface area contributed by atoms with Crippen molar-refractivity contribution in [2.45, 2.75) is 20.8 Å². The first kappa shape index (κ1) is 15.4. The lowest BCUT2D eigenvalue weighted by atomic mass is 9.92. The molecule has 0 atom stereocenters. The number of hydrogen-bond acceptors (Lipinski definition) is 3. The summed E-state index contributed by atoms with van der Waals surface area (Å²) in [7, 11) is 1.56. The summed E-state index contributed by atoms with van der Waals surface area (Å²) in [5, 5.41) is 5.60. The van der Waals surface area contributed by atoms with E-state index in [1.165, 1.54) is 6.20 Å². The summed E-state index contributed by atoms with van der Waals surface area (Å²) in [6.07, 6.45) is 1.43. The molecule has 1 rings (SSSR count). The van der Waals surface area contributed by atoms with Crippen LogP contribution < -0.4 is 10.6 Å². The van der Waals surface area contributed by atoms with Gasteiger partial charge in [-0.1, -0.05) is 11.6 Å². The standard InChI is InChI=1S/C13H18ClN3O2/c1-8-5-10(14)9(6-16-8)11(18)17-7-13(2,3)12(19)15-4/h5-6H,7H2,1-4H3,(H,15,19)(H,17,18). The van der Waals surface area contributed by atoms with Crippen molar-refractivity contribution in [1.82, 2.24) is 15.6 Å². The van der Waals surface area contributed by atoms with Crippen molar-refractivity contribution >= 4 is 23.4 Å². The average molecular weight is 284 g/mol. The molecule has 1 aromatic rings. The summed E-state index contributed by atoms with van der Waals surface area (Å²) in [4.78, 5) is 27.6. The van der Waals surface area contributed by atoms with E-state index in [-0.39, 0.29) is 18.4 Å². The minimum Gasteiger partial charge on any atom is -0.359 e. The Morgan fingerprint density at radius 2 is 2.05 bits per heavy atom. The Kier molecular flexibility index (Phi) is 4.89. The lowest BCUT2D eigenvalue weighted by Crippen LogP contribution is -2.43. The first-order chi connectivity index (χ1) is 8.77. The van der Waals surface area contributed by atoms with Crippen LogP contribution in [0.4, 0.5) is 0 Å². The summed E-state index contributed by atoms with van der Waals surface area (Å²) in [6, 6.07) is 1.63. The summed E-state index contributed by atoms with van der Waals surface area (Å²) in [5.74, 6) is -0.476. The molecule has 1 aromatic heterocycles. The van der Waals surface area contributed by atoms with Gasteiger partial charge in [0, 0.05) is 25.5 Å². The van der Waals surface area contributed by atoms with Gasteiger partial charge in [-0.25, -0.2) is 0 Å². The predicted molar refractivity (Wildman–Crippen MR) is 74.2 cm³/mol. The van der Waals surface area contributed by atoms with Crippen molar-refractivity contribution in [2.75, 3.05) is 13.6 Å². The lowest BCUT2D eigenvalue weighted by molar-refractivity contribution is -0.128. The molecular weight excluding hydrogens is 266 g/mol. The van der Waals surface area contributed by atoms with Gasteiger partial charge in [0.1, 0.15) is 0 Å². The predicted octanol–water partition coefficient (Wildman–Crippen LogP) is 1.55. The highest BCUT2D eigenvalue weighted by Gasteiger charge is 2.27. The van der Waals surface area contributed by atoms with Gasteiger partial charge >= 0.3 is 0 Å². The maximum atomic E-state index is 12.0. The highest BCUT2D eigenvalue weighted by Crippen LogP contribution is 2.17. The molecule has 5 nitrogen and oxygen atoms in total. The Balaban J connectivity index is 2.73. The number of pyridine rings is 1. The molecule has 0 bridgehead atoms. The second-order valence-electron chi connectivity index (χ2n) is 4.95. The minimum atomic E-state index is -0.686. The van der Waals surface area contributed by atoms with E-state index in [2.05, 4.69) is 15.6 Å². The molecule has 0 fully saturated rings. The molecule has 0 saturated carbocycles. The third-order valence-electron chi connectivity index (χ3n) is 2.77. The number of rotatable bonds is 4. The van der Waals surface area contributed by atoms with Gasteiger partial charge in [-0.15, -0.1) is 0 Å². The van der Waals surface area contributed by atoms with Crippen LogP contribution in [-0.4, -0.2) is 30.4 Å². The lowest BCUT2D eigenvalue weighted by Gasteiger charge is -2.22. The van der Waals surface area contributed by atoms with Gasteiger partial charge in [0.05, 0.1) is 16.0 Å². The number of nitrogens with one attached hydrogen (secondary N) is 2. The van der Waals surface area contributed by atoms with Gasteiger partial charge < -0.3 is 10.6 Å². The van der Waals surface area contributed by atoms with Crippen molar-refractivity contribution in [3.05, 3.63) is 28.5 Å². The quantitative estimate of drug-likeness (QED) is 0.881. The zero-order valence-corrected chi connectivity index (χ0v) is 12.3. The van der Waals surface area contributed by atoms with Crippen molar-refractivity contribution in [3.63, 3.8) is 0 Å². The average Bonchev–Trinajstić information content (AvgIpc) is 2.35. The monoisotopic (exact) mass is 283 g/mol. The summed E-state index contributed by atoms with van der Waals surface area (Å²) >= 11 is 5.98. The molecule has 2 N–H and O–H groups in total. The Bertz CT molecular complexity index is 501. The Morgan fingerprint density at radius 3 is 2.58 bits per heavy atom. The smallest absolute Gasteiger partial charge is 0.254 e. The van der Waals surface area contributed by atoms with E-state index in [4.69, 9.17) is 11.6 Å². The third kappa shape index (κ3) is 3.92. The van der Waals surface area contributed by atoms with E-state index in [9.17, 15) is 9.59 Å². The van der Waals surface area contributed by atoms with Crippen molar-refractivity contribution in [3.8, 4) is 0 Å². The minimum absolute atomic E-state index is 0.138. The van der Waals surface area contributed by atoms with Crippen LogP contribution in [0.25, 0.3) is 0 Å². The number of aryl methyl sites for hydroxylation is 1. The molecule has 104 valence electrons. The Labute approximate surface area is 117 Å². The number of hydrogen-bond donors (Lipinski definition) is 2. The number of carbonyl (C=O) groups excluding carboxylic acids is 2. The second-order valence-corrected chi connectivity index (χ2v) is 5.36. The normalized spacial score (nSPS) is 11.0. The first-order valence-corrected chi connectivity index (χ1v) is 6.28. The zero-order valence-electron chi connectivity index (χ0n) is 11.5. The highest BCUT2D eigenvalue weighted by molar-refractivity contribution is 6.33. The van der Waals surface area contributed by atoms with Crippen LogP contribution in [0.1, 0.15) is 29.9 Å². The molecule has 1 heterocycles. The number of nitrogens with zero attached hydrogens (tertiary/aromatic N) is 1. The molecule has 0 aliphatic carbocycles. The van der Waals surface area contributed by atoms with Gasteiger partial charge in [-0.05, 0) is 26.8 Å². The topological polar surface area (TPSA) is 71.1 Å². The molecular formula is C13H18ClN3O2. The van der Waals surface area contributed by atoms with E-state index < -0.39 is 5.41 Å². The molecule has 19 heavy (non-hydrogen) atoms. The van der Waals surface area contributed by atoms with Crippen LogP contribution in [0.5, 0.6) is 0 Å². The van der Waals surface area contributed by atoms with Crippen LogP contribution in [0.15, 0.2) is 12.3 Å². The zero-order chi connectivity index (χ0) is 14.6. The van der Waals surface area contributed by atoms with Crippen LogP contribution in [0.2, 0.25) is 5.02 Å². The van der Waals surface area contributed by atoms with Gasteiger partial charge in [0.2, 0.25) is 5.91 Å². The van der Waals surface area contributed by atoms with E-state index in [1.54, 1.807) is 33.9 Å². The Morgan fingerprint density at radius 1 is 1.42 bits per heavy atom. The van der Waals surface area contributed by atoms with E-state index in [0.717, 1.165) is 5.69 Å². The molecule has 6 heteroatoms. The molecule has 0 spiro atoms. The van der Waals surface area contributed by atoms with Crippen LogP contribution in [0, 0.1) is 12.3 Å². The number of amides is 2. The fourth-order valence-corrected chi connectivity index (χ4v) is 1.80. The fraction of sp³-hybridized carbons (Fsp3) is 0.462. The van der Waals surface area contributed by atoms with Gasteiger partial charge in [0.15, 0.2) is 0 Å². The third-order valence-corrected chi connectivity index (χ3v) is 3.08. The number of aromatic nitrogens is 1. The highest BCUT2D eigenvalue weighted by atomic mass is 35.5. The van der Waals surface area contributed by atoms with Crippen LogP contribution in [-0.2, 0) is 4.79 Å². The number of halogens is 1. The molecule has 0 unspecified atom stereocenters. The van der Waals surface area contributed by atoms with Crippen molar-refractivity contribution < 1.29 is 9.59 Å². The van der Waals surface area contributed by atoms with Crippen molar-refractivity contribution in [2.24, 2.45) is 5.41 Å². The van der Waals surface area contributed by atoms with Gasteiger partial charge in [0.25, 0.3) is 5.91 Å². The van der Waals surface area contributed by atoms with E-state index in [0.29, 0.717) is 10.6 Å². The van der Waals surface area contributed by atoms with E-state index in [1.807, 2.05) is 0 Å². The number of carbonyl (C=O) groups is 2. The van der Waals surface area contributed by atoms with Crippen LogP contribution >= 0.6 is 11.6 Å². The summed E-state index contributed by atoms with van der Waals surface area (Å²) < 4.78 is 0. The van der Waals surface area contributed by atoms with Gasteiger partial charge in [-0.2, -0.15) is 0 Å². The Hall–Kier alpha value is -1.62. The van der Waals surface area contributed by atoms with Gasteiger partial charge in [-0.3, -0.25) is 14.6 Å². The van der Waals surface area contributed by atoms with E-state index >= 15 is 0 Å². The first-order valence-electron chi connectivity index (χ1n) is 5.90. The molecule has 0 aliphatic rings. The second kappa shape index (κ2) is 6.02. The summed E-state index contributed by atoms with van der Waals surface area (Å²) in [5.41, 5.74) is 0.363. The summed E-state index contributed by atoms with van der Waals surface area (Å²) in [6.45, 7) is 5.51. The molecule has 0 radical (unpaired) electrons. The molecule has 2 amide bonds.